The predicted molar refractivity (Wildman–Crippen MR) is 111 cm³/mol. The summed E-state index contributed by atoms with van der Waals surface area (Å²) < 4.78 is 2.72. The topological polar surface area (TPSA) is 56.9 Å². The number of fused-ring (bicyclic) bond motifs is 1. The Kier molecular flexibility index (Phi) is 5.03. The second-order valence-corrected chi connectivity index (χ2v) is 7.20. The molecule has 4 aromatic rings. The molecule has 0 spiro atoms. The van der Waals surface area contributed by atoms with Crippen LogP contribution in [0.25, 0.3) is 11.0 Å². The fourth-order valence-corrected chi connectivity index (χ4v) is 3.59. The van der Waals surface area contributed by atoms with Gasteiger partial charge in [0.15, 0.2) is 5.52 Å². The molecule has 0 N–H and O–H groups in total. The van der Waals surface area contributed by atoms with E-state index >= 15 is 0 Å². The minimum absolute atomic E-state index is 0.166. The molecule has 0 aliphatic heterocycles. The Morgan fingerprint density at radius 1 is 0.857 bits per heavy atom. The van der Waals surface area contributed by atoms with Crippen molar-refractivity contribution < 1.29 is 0 Å². The number of halogens is 2. The highest BCUT2D eigenvalue weighted by Gasteiger charge is 2.15. The predicted octanol–water partition coefficient (Wildman–Crippen LogP) is 3.96. The average molecular weight is 412 g/mol. The lowest BCUT2D eigenvalue weighted by Gasteiger charge is -2.14. The fraction of sp³-hybridized carbons (Fsp3) is 0.0952. The van der Waals surface area contributed by atoms with E-state index < -0.39 is 11.2 Å². The maximum absolute atomic E-state index is 13.2. The van der Waals surface area contributed by atoms with E-state index in [0.29, 0.717) is 15.6 Å². The number of pyridine rings is 1. The summed E-state index contributed by atoms with van der Waals surface area (Å²) in [6.45, 7) is 0.367. The molecule has 7 heteroatoms. The minimum atomic E-state index is -0.416. The van der Waals surface area contributed by atoms with Crippen molar-refractivity contribution in [2.75, 3.05) is 0 Å². The third kappa shape index (κ3) is 3.46. The van der Waals surface area contributed by atoms with E-state index in [2.05, 4.69) is 4.98 Å². The quantitative estimate of drug-likeness (QED) is 0.510. The van der Waals surface area contributed by atoms with Crippen LogP contribution in [0.2, 0.25) is 10.0 Å². The first kappa shape index (κ1) is 18.5. The number of hydrogen-bond acceptors (Lipinski definition) is 3. The number of nitrogens with zero attached hydrogens (tertiary/aromatic N) is 3. The summed E-state index contributed by atoms with van der Waals surface area (Å²) in [5.74, 6) is 0. The van der Waals surface area contributed by atoms with Crippen molar-refractivity contribution in [3.63, 3.8) is 0 Å². The Balaban J connectivity index is 1.92. The van der Waals surface area contributed by atoms with E-state index in [1.165, 1.54) is 9.13 Å². The molecule has 0 unspecified atom stereocenters. The molecule has 2 aromatic heterocycles. The van der Waals surface area contributed by atoms with Crippen molar-refractivity contribution >= 4 is 34.2 Å². The van der Waals surface area contributed by atoms with Gasteiger partial charge in [-0.2, -0.15) is 0 Å². The summed E-state index contributed by atoms with van der Waals surface area (Å²) in [5.41, 5.74) is 1.45. The summed E-state index contributed by atoms with van der Waals surface area (Å²) in [6, 6.07) is 17.9. The van der Waals surface area contributed by atoms with Crippen molar-refractivity contribution in [1.82, 2.24) is 14.1 Å². The minimum Gasteiger partial charge on any atom is -0.287 e. The van der Waals surface area contributed by atoms with Crippen LogP contribution in [0.15, 0.2) is 76.4 Å². The summed E-state index contributed by atoms with van der Waals surface area (Å²) in [5, 5.41) is 0.971. The number of benzene rings is 2. The SMILES string of the molecule is O=c1c2ncccc2n(Cc2ccc(Cl)cc2Cl)c(=O)n1Cc1ccccc1. The molecule has 0 aliphatic carbocycles. The highest BCUT2D eigenvalue weighted by Crippen LogP contribution is 2.22. The first-order chi connectivity index (χ1) is 13.5. The Bertz CT molecular complexity index is 1280. The van der Waals surface area contributed by atoms with Crippen molar-refractivity contribution in [2.24, 2.45) is 0 Å². The van der Waals surface area contributed by atoms with E-state index in [1.807, 2.05) is 30.3 Å². The van der Waals surface area contributed by atoms with Gasteiger partial charge in [-0.05, 0) is 35.4 Å². The highest BCUT2D eigenvalue weighted by molar-refractivity contribution is 6.35. The monoisotopic (exact) mass is 411 g/mol. The Labute approximate surface area is 170 Å². The maximum Gasteiger partial charge on any atom is 0.332 e. The van der Waals surface area contributed by atoms with Gasteiger partial charge in [-0.15, -0.1) is 0 Å². The average Bonchev–Trinajstić information content (AvgIpc) is 2.71. The first-order valence-corrected chi connectivity index (χ1v) is 9.36. The largest absolute Gasteiger partial charge is 0.332 e. The number of rotatable bonds is 4. The molecule has 0 saturated heterocycles. The molecule has 0 saturated carbocycles. The van der Waals surface area contributed by atoms with E-state index in [9.17, 15) is 9.59 Å². The fourth-order valence-electron chi connectivity index (χ4n) is 3.12. The van der Waals surface area contributed by atoms with Gasteiger partial charge in [0.25, 0.3) is 5.56 Å². The van der Waals surface area contributed by atoms with Crippen molar-refractivity contribution in [1.29, 1.82) is 0 Å². The zero-order chi connectivity index (χ0) is 19.7. The molecule has 0 radical (unpaired) electrons. The molecular weight excluding hydrogens is 397 g/mol. The molecule has 4 rings (SSSR count). The Morgan fingerprint density at radius 3 is 2.39 bits per heavy atom. The summed E-state index contributed by atoms with van der Waals surface area (Å²) in [4.78, 5) is 30.3. The van der Waals surface area contributed by atoms with Gasteiger partial charge in [-0.3, -0.25) is 13.9 Å². The van der Waals surface area contributed by atoms with Gasteiger partial charge in [0, 0.05) is 16.2 Å². The summed E-state index contributed by atoms with van der Waals surface area (Å²) in [6.07, 6.45) is 1.54. The molecule has 2 aromatic carbocycles. The van der Waals surface area contributed by atoms with Gasteiger partial charge in [0.1, 0.15) is 0 Å². The third-order valence-corrected chi connectivity index (χ3v) is 5.10. The van der Waals surface area contributed by atoms with Crippen molar-refractivity contribution in [3.05, 3.63) is 109 Å². The molecule has 5 nitrogen and oxygen atoms in total. The van der Waals surface area contributed by atoms with E-state index in [-0.39, 0.29) is 18.6 Å². The molecule has 140 valence electrons. The van der Waals surface area contributed by atoms with E-state index in [1.54, 1.807) is 36.5 Å². The van der Waals surface area contributed by atoms with Gasteiger partial charge in [0.05, 0.1) is 18.6 Å². The van der Waals surface area contributed by atoms with Crippen LogP contribution < -0.4 is 11.2 Å². The van der Waals surface area contributed by atoms with Crippen LogP contribution in [0.4, 0.5) is 0 Å². The van der Waals surface area contributed by atoms with Gasteiger partial charge in [0.2, 0.25) is 0 Å². The van der Waals surface area contributed by atoms with Crippen LogP contribution in [-0.2, 0) is 13.1 Å². The lowest BCUT2D eigenvalue weighted by Crippen LogP contribution is -2.40. The molecule has 0 fully saturated rings. The standard InChI is InChI=1S/C21H15Cl2N3O2/c22-16-9-8-15(17(23)11-16)13-25-18-7-4-10-24-19(18)20(27)26(21(25)28)12-14-5-2-1-3-6-14/h1-11H,12-13H2. The second kappa shape index (κ2) is 7.62. The van der Waals surface area contributed by atoms with Crippen molar-refractivity contribution in [2.45, 2.75) is 13.1 Å². The number of aromatic nitrogens is 3. The van der Waals surface area contributed by atoms with Gasteiger partial charge >= 0.3 is 5.69 Å². The molecule has 0 atom stereocenters. The maximum atomic E-state index is 13.2. The Morgan fingerprint density at radius 2 is 1.64 bits per heavy atom. The van der Waals surface area contributed by atoms with Crippen LogP contribution in [-0.4, -0.2) is 14.1 Å². The molecule has 0 amide bonds. The molecule has 2 heterocycles. The Hall–Kier alpha value is -2.89. The molecule has 28 heavy (non-hydrogen) atoms. The van der Waals surface area contributed by atoms with Crippen LogP contribution >= 0.6 is 23.2 Å². The normalized spacial score (nSPS) is 11.1. The second-order valence-electron chi connectivity index (χ2n) is 6.35. The van der Waals surface area contributed by atoms with Crippen LogP contribution in [0, 0.1) is 0 Å². The number of hydrogen-bond donors (Lipinski definition) is 0. The third-order valence-electron chi connectivity index (χ3n) is 4.51. The van der Waals surface area contributed by atoms with E-state index in [0.717, 1.165) is 11.1 Å². The zero-order valence-corrected chi connectivity index (χ0v) is 16.2. The molecule has 0 bridgehead atoms. The molecular formula is C21H15Cl2N3O2. The van der Waals surface area contributed by atoms with Crippen LogP contribution in [0.1, 0.15) is 11.1 Å². The van der Waals surface area contributed by atoms with E-state index in [4.69, 9.17) is 23.2 Å². The summed E-state index contributed by atoms with van der Waals surface area (Å²) >= 11 is 12.3. The highest BCUT2D eigenvalue weighted by atomic mass is 35.5. The lowest BCUT2D eigenvalue weighted by molar-refractivity contribution is 0.633. The van der Waals surface area contributed by atoms with Gasteiger partial charge in [-0.25, -0.2) is 9.78 Å². The van der Waals surface area contributed by atoms with Gasteiger partial charge in [-0.1, -0.05) is 59.6 Å². The molecule has 0 aliphatic rings. The zero-order valence-electron chi connectivity index (χ0n) is 14.7. The van der Waals surface area contributed by atoms with Crippen LogP contribution in [0.3, 0.4) is 0 Å². The smallest absolute Gasteiger partial charge is 0.287 e. The van der Waals surface area contributed by atoms with Crippen LogP contribution in [0.5, 0.6) is 0 Å². The summed E-state index contributed by atoms with van der Waals surface area (Å²) in [7, 11) is 0. The van der Waals surface area contributed by atoms with Crippen molar-refractivity contribution in [3.8, 4) is 0 Å². The van der Waals surface area contributed by atoms with Gasteiger partial charge < -0.3 is 0 Å². The lowest BCUT2D eigenvalue weighted by atomic mass is 10.2. The first-order valence-electron chi connectivity index (χ1n) is 8.61.